The maximum absolute atomic E-state index is 12.6. The fourth-order valence-corrected chi connectivity index (χ4v) is 7.97. The summed E-state index contributed by atoms with van der Waals surface area (Å²) in [5, 5.41) is 118. The molecule has 0 aliphatic carbocycles. The van der Waals surface area contributed by atoms with Crippen LogP contribution in [0.25, 0.3) is 0 Å². The Kier molecular flexibility index (Phi) is 23.6. The molecule has 19 unspecified atom stereocenters. The second-order valence-corrected chi connectivity index (χ2v) is 17.6. The standard InChI is InChI=1S/C47H73NO17/c1-27-17-15-13-11-9-7-5-6-8-10-12-14-16-18-34(64-46-44(58)41(48)43(57)30(4)63-46)24-38-40(45(59)60)37(54)26-47(61,65-38)25-33(51)22-36(53)35(52)20-19-31(49)21-32(50)23-39(55)62-29(3)28(2)42(27)56/h5-18,27-38,40-44,46,49-54,56-58,61H,19-26,48H2,1-4H3,(H,59,60)/b6-5+,9-7+,10-8+,13-11-,14-12+,17-15+,18-16+. The lowest BCUT2D eigenvalue weighted by Gasteiger charge is -2.45. The number of hydrogen-bond donors (Lipinski definition) is 12. The molecular formula is C47H73NO17. The number of aliphatic carboxylic acids is 1. The predicted octanol–water partition coefficient (Wildman–Crippen LogP) is 0.712. The highest BCUT2D eigenvalue weighted by Gasteiger charge is 2.51. The molecule has 3 aliphatic rings. The van der Waals surface area contributed by atoms with Crippen molar-refractivity contribution in [3.05, 3.63) is 85.1 Å². The lowest BCUT2D eigenvalue weighted by atomic mass is 9.82. The third kappa shape index (κ3) is 18.6. The molecule has 0 radical (unpaired) electrons. The molecule has 19 atom stereocenters. The number of hydrogen-bond acceptors (Lipinski definition) is 17. The van der Waals surface area contributed by atoms with Crippen LogP contribution in [0.1, 0.15) is 79.1 Å². The van der Waals surface area contributed by atoms with E-state index in [0.29, 0.717) is 0 Å². The van der Waals surface area contributed by atoms with Gasteiger partial charge in [0.1, 0.15) is 18.1 Å². The van der Waals surface area contributed by atoms with Crippen LogP contribution >= 0.6 is 0 Å². The quantitative estimate of drug-likeness (QED) is 0.174. The average molecular weight is 924 g/mol. The van der Waals surface area contributed by atoms with Gasteiger partial charge >= 0.3 is 11.9 Å². The SMILES string of the molecule is CC1/C=C/C=C\C=C\C=C\C=C\C=C\C=C\C(OC2OC(C)C(O)C(N)C2O)CC2OC(O)(CC(O)CC(O)C(O)CCC(O)CC(O)CC(=O)OC(C)C(C)C1O)CC(O)C2C(=O)O. The zero-order valence-electron chi connectivity index (χ0n) is 37.6. The minimum Gasteiger partial charge on any atom is -0.481 e. The first-order valence-electron chi connectivity index (χ1n) is 22.3. The van der Waals surface area contributed by atoms with Crippen molar-refractivity contribution in [3.8, 4) is 0 Å². The lowest BCUT2D eigenvalue weighted by molar-refractivity contribution is -0.308. The smallest absolute Gasteiger partial charge is 0.311 e. The van der Waals surface area contributed by atoms with Gasteiger partial charge in [0.05, 0.1) is 79.6 Å². The van der Waals surface area contributed by atoms with Crippen LogP contribution < -0.4 is 5.73 Å². The van der Waals surface area contributed by atoms with E-state index in [9.17, 15) is 65.8 Å². The van der Waals surface area contributed by atoms with Crippen molar-refractivity contribution in [1.82, 2.24) is 0 Å². The Labute approximate surface area is 381 Å². The van der Waals surface area contributed by atoms with Crippen LogP contribution in [0.5, 0.6) is 0 Å². The molecule has 3 aliphatic heterocycles. The molecule has 2 fully saturated rings. The fourth-order valence-electron chi connectivity index (χ4n) is 7.97. The number of ether oxygens (including phenoxy) is 4. The van der Waals surface area contributed by atoms with E-state index in [1.54, 1.807) is 80.7 Å². The first kappa shape index (κ1) is 55.9. The molecule has 0 spiro atoms. The van der Waals surface area contributed by atoms with E-state index in [0.717, 1.165) is 0 Å². The molecule has 0 aromatic carbocycles. The largest absolute Gasteiger partial charge is 0.481 e. The molecule has 65 heavy (non-hydrogen) atoms. The number of carboxylic acid groups (broad SMARTS) is 1. The number of carbonyl (C=O) groups excluding carboxylic acids is 1. The number of esters is 1. The van der Waals surface area contributed by atoms with E-state index in [1.807, 2.05) is 19.1 Å². The van der Waals surface area contributed by atoms with Crippen LogP contribution in [-0.4, -0.2) is 166 Å². The average Bonchev–Trinajstić information content (AvgIpc) is 3.21. The highest BCUT2D eigenvalue weighted by atomic mass is 16.7. The normalized spacial score (nSPS) is 45.5. The summed E-state index contributed by atoms with van der Waals surface area (Å²) in [6, 6.07) is -1.15. The monoisotopic (exact) mass is 923 g/mol. The van der Waals surface area contributed by atoms with Crippen LogP contribution in [0, 0.1) is 17.8 Å². The molecule has 2 bridgehead atoms. The van der Waals surface area contributed by atoms with Gasteiger partial charge in [-0.1, -0.05) is 98.9 Å². The van der Waals surface area contributed by atoms with E-state index in [4.69, 9.17) is 24.7 Å². The van der Waals surface area contributed by atoms with Crippen LogP contribution in [0.15, 0.2) is 85.1 Å². The van der Waals surface area contributed by atoms with Gasteiger partial charge < -0.3 is 80.9 Å². The highest BCUT2D eigenvalue weighted by Crippen LogP contribution is 2.38. The number of allylic oxidation sites excluding steroid dienone is 12. The van der Waals surface area contributed by atoms with E-state index >= 15 is 0 Å². The van der Waals surface area contributed by atoms with Crippen molar-refractivity contribution in [1.29, 1.82) is 0 Å². The van der Waals surface area contributed by atoms with Crippen molar-refractivity contribution in [3.63, 3.8) is 0 Å². The Morgan fingerprint density at radius 1 is 0.662 bits per heavy atom. The summed E-state index contributed by atoms with van der Waals surface area (Å²) >= 11 is 0. The molecule has 3 heterocycles. The minimum atomic E-state index is -2.33. The Balaban J connectivity index is 1.86. The van der Waals surface area contributed by atoms with Gasteiger partial charge in [0.15, 0.2) is 12.1 Å². The van der Waals surface area contributed by atoms with E-state index < -0.39 is 147 Å². The van der Waals surface area contributed by atoms with Crippen LogP contribution in [0.2, 0.25) is 0 Å². The van der Waals surface area contributed by atoms with E-state index in [1.165, 1.54) is 13.0 Å². The van der Waals surface area contributed by atoms with Gasteiger partial charge in [-0.3, -0.25) is 9.59 Å². The third-order valence-corrected chi connectivity index (χ3v) is 12.0. The molecular weight excluding hydrogens is 851 g/mol. The molecule has 0 aromatic heterocycles. The highest BCUT2D eigenvalue weighted by molar-refractivity contribution is 5.71. The van der Waals surface area contributed by atoms with Gasteiger partial charge in [-0.25, -0.2) is 0 Å². The molecule has 13 N–H and O–H groups in total. The van der Waals surface area contributed by atoms with Crippen molar-refractivity contribution in [2.45, 2.75) is 177 Å². The Hall–Kier alpha value is -3.44. The van der Waals surface area contributed by atoms with Gasteiger partial charge in [-0.05, 0) is 33.1 Å². The summed E-state index contributed by atoms with van der Waals surface area (Å²) in [5.41, 5.74) is 6.02. The number of rotatable bonds is 3. The van der Waals surface area contributed by atoms with E-state index in [2.05, 4.69) is 0 Å². The molecule has 0 saturated carbocycles. The molecule has 368 valence electrons. The number of cyclic esters (lactones) is 1. The number of carbonyl (C=O) groups is 2. The Morgan fingerprint density at radius 2 is 1.23 bits per heavy atom. The van der Waals surface area contributed by atoms with Crippen LogP contribution in [0.3, 0.4) is 0 Å². The summed E-state index contributed by atoms with van der Waals surface area (Å²) in [6.07, 6.45) is 3.46. The van der Waals surface area contributed by atoms with Gasteiger partial charge in [0, 0.05) is 37.5 Å². The van der Waals surface area contributed by atoms with Crippen LogP contribution in [-0.2, 0) is 28.5 Å². The van der Waals surface area contributed by atoms with E-state index in [-0.39, 0.29) is 31.6 Å². The molecule has 0 aromatic rings. The third-order valence-electron chi connectivity index (χ3n) is 12.0. The number of nitrogens with two attached hydrogens (primary N) is 1. The zero-order valence-corrected chi connectivity index (χ0v) is 37.6. The first-order chi connectivity index (χ1) is 30.6. The lowest BCUT2D eigenvalue weighted by Crippen LogP contribution is -2.61. The number of aliphatic hydroxyl groups excluding tert-OH is 9. The summed E-state index contributed by atoms with van der Waals surface area (Å²) < 4.78 is 23.1. The molecule has 2 saturated heterocycles. The first-order valence-corrected chi connectivity index (χ1v) is 22.3. The predicted molar refractivity (Wildman–Crippen MR) is 237 cm³/mol. The topological polar surface area (TPSA) is 320 Å². The summed E-state index contributed by atoms with van der Waals surface area (Å²) in [6.45, 7) is 6.74. The Morgan fingerprint density at radius 3 is 1.82 bits per heavy atom. The summed E-state index contributed by atoms with van der Waals surface area (Å²) in [7, 11) is 0. The number of fused-ring (bicyclic) bond motifs is 2. The second-order valence-electron chi connectivity index (χ2n) is 17.6. The molecule has 0 amide bonds. The maximum Gasteiger partial charge on any atom is 0.311 e. The molecule has 18 nitrogen and oxygen atoms in total. The summed E-state index contributed by atoms with van der Waals surface area (Å²) in [5.74, 6) is -6.83. The van der Waals surface area contributed by atoms with Crippen molar-refractivity contribution in [2.75, 3.05) is 0 Å². The Bertz CT molecular complexity index is 1670. The van der Waals surface area contributed by atoms with Gasteiger partial charge in [-0.15, -0.1) is 0 Å². The van der Waals surface area contributed by atoms with Gasteiger partial charge in [-0.2, -0.15) is 0 Å². The van der Waals surface area contributed by atoms with Gasteiger partial charge in [0.25, 0.3) is 0 Å². The summed E-state index contributed by atoms with van der Waals surface area (Å²) in [4.78, 5) is 25.1. The number of aliphatic hydroxyl groups is 10. The molecule has 3 rings (SSSR count). The minimum absolute atomic E-state index is 0.107. The fraction of sp³-hybridized carbons (Fsp3) is 0.660. The van der Waals surface area contributed by atoms with Crippen molar-refractivity contribution >= 4 is 11.9 Å². The van der Waals surface area contributed by atoms with Crippen molar-refractivity contribution < 1.29 is 84.7 Å². The van der Waals surface area contributed by atoms with Crippen molar-refractivity contribution in [2.24, 2.45) is 23.5 Å². The second kappa shape index (κ2) is 27.4. The van der Waals surface area contributed by atoms with Crippen LogP contribution in [0.4, 0.5) is 0 Å². The van der Waals surface area contributed by atoms with Gasteiger partial charge in [0.2, 0.25) is 0 Å². The molecule has 18 heteroatoms. The maximum atomic E-state index is 12.6. The number of carboxylic acids is 1. The zero-order chi connectivity index (χ0) is 48.4.